The van der Waals surface area contributed by atoms with E-state index in [-0.39, 0.29) is 0 Å². The van der Waals surface area contributed by atoms with Crippen LogP contribution in [-0.2, 0) is 0 Å². The molecule has 0 saturated heterocycles. The molecule has 1 aliphatic carbocycles. The molecule has 0 nitrogen and oxygen atoms in total. The van der Waals surface area contributed by atoms with Gasteiger partial charge >= 0.3 is 0 Å². The monoisotopic (exact) mass is 416 g/mol. The summed E-state index contributed by atoms with van der Waals surface area (Å²) in [5.74, 6) is -0.724. The van der Waals surface area contributed by atoms with Gasteiger partial charge in [-0.1, -0.05) is 93.6 Å². The molecule has 0 aromatic heterocycles. The lowest BCUT2D eigenvalue weighted by molar-refractivity contribution is 0.252. The highest BCUT2D eigenvalue weighted by molar-refractivity contribution is 7.99. The zero-order chi connectivity index (χ0) is 20.5. The summed E-state index contributed by atoms with van der Waals surface area (Å²) in [6.07, 6.45) is 13.8. The van der Waals surface area contributed by atoms with Crippen molar-refractivity contribution in [2.24, 2.45) is 5.92 Å². The molecule has 1 aliphatic rings. The molecule has 0 atom stereocenters. The molecule has 0 bridgehead atoms. The van der Waals surface area contributed by atoms with E-state index in [1.54, 1.807) is 12.1 Å². The number of thioether (sulfide) groups is 1. The van der Waals surface area contributed by atoms with Crippen molar-refractivity contribution >= 4 is 11.8 Å². The maximum atomic E-state index is 12.5. The Morgan fingerprint density at radius 2 is 1.38 bits per heavy atom. The largest absolute Gasteiger partial charge is 0.288 e. The van der Waals surface area contributed by atoms with Gasteiger partial charge in [-0.05, 0) is 66.3 Å². The predicted molar refractivity (Wildman–Crippen MR) is 122 cm³/mol. The molecule has 0 aliphatic heterocycles. The van der Waals surface area contributed by atoms with E-state index < -0.39 is 5.76 Å². The van der Waals surface area contributed by atoms with Gasteiger partial charge in [0.05, 0.1) is 0 Å². The fourth-order valence-corrected chi connectivity index (χ4v) is 5.10. The minimum atomic E-state index is -2.36. The van der Waals surface area contributed by atoms with Gasteiger partial charge in [0.2, 0.25) is 0 Å². The second kappa shape index (κ2) is 11.7. The minimum Gasteiger partial charge on any atom is -0.198 e. The highest BCUT2D eigenvalue weighted by Gasteiger charge is 2.22. The number of hydrogen-bond donors (Lipinski definition) is 0. The van der Waals surface area contributed by atoms with E-state index in [1.807, 2.05) is 12.1 Å². The summed E-state index contributed by atoms with van der Waals surface area (Å²) in [5, 5.41) is 0. The van der Waals surface area contributed by atoms with Gasteiger partial charge in [0.1, 0.15) is 0 Å². The van der Waals surface area contributed by atoms with E-state index in [2.05, 4.69) is 31.2 Å². The summed E-state index contributed by atoms with van der Waals surface area (Å²) in [7, 11) is 0. The van der Waals surface area contributed by atoms with Crippen LogP contribution in [-0.4, -0.2) is 5.76 Å². The molecular weight excluding hydrogens is 382 g/mol. The van der Waals surface area contributed by atoms with Gasteiger partial charge in [0, 0.05) is 4.90 Å². The van der Waals surface area contributed by atoms with Crippen LogP contribution in [0.25, 0.3) is 11.1 Å². The Balaban J connectivity index is 1.47. The normalized spacial score (nSPS) is 19.6. The third kappa shape index (κ3) is 7.13. The number of halogens is 2. The average Bonchev–Trinajstić information content (AvgIpc) is 2.74. The van der Waals surface area contributed by atoms with Crippen molar-refractivity contribution in [3.05, 3.63) is 54.1 Å². The SMILES string of the molecule is CCCCCCCC1CCC(c2ccc(-c3ccc(SC(F)F)cc3)cc2)CC1. The number of benzene rings is 2. The first kappa shape index (κ1) is 22.3. The zero-order valence-electron chi connectivity index (χ0n) is 17.6. The van der Waals surface area contributed by atoms with E-state index >= 15 is 0 Å². The first-order valence-electron chi connectivity index (χ1n) is 11.3. The molecule has 29 heavy (non-hydrogen) atoms. The molecular formula is C26H34F2S. The Morgan fingerprint density at radius 1 is 0.793 bits per heavy atom. The van der Waals surface area contributed by atoms with Gasteiger partial charge in [-0.3, -0.25) is 0 Å². The van der Waals surface area contributed by atoms with E-state index in [9.17, 15) is 8.78 Å². The summed E-state index contributed by atoms with van der Waals surface area (Å²) in [5.41, 5.74) is 3.70. The molecule has 0 spiro atoms. The Kier molecular flexibility index (Phi) is 9.04. The summed E-state index contributed by atoms with van der Waals surface area (Å²) in [4.78, 5) is 0.613. The second-order valence-electron chi connectivity index (χ2n) is 8.45. The molecule has 1 fully saturated rings. The molecule has 3 heteroatoms. The van der Waals surface area contributed by atoms with Crippen LogP contribution in [0.2, 0.25) is 0 Å². The predicted octanol–water partition coefficient (Wildman–Crippen LogP) is 9.30. The smallest absolute Gasteiger partial charge is 0.198 e. The quantitative estimate of drug-likeness (QED) is 0.275. The van der Waals surface area contributed by atoms with Gasteiger partial charge in [-0.25, -0.2) is 0 Å². The third-order valence-corrected chi connectivity index (χ3v) is 7.08. The number of hydrogen-bond acceptors (Lipinski definition) is 1. The summed E-state index contributed by atoms with van der Waals surface area (Å²) < 4.78 is 24.9. The van der Waals surface area contributed by atoms with E-state index in [4.69, 9.17) is 0 Å². The van der Waals surface area contributed by atoms with Gasteiger partial charge in [-0.15, -0.1) is 0 Å². The minimum absolute atomic E-state index is 0.598. The van der Waals surface area contributed by atoms with E-state index in [1.165, 1.54) is 69.8 Å². The average molecular weight is 417 g/mol. The number of unbranched alkanes of at least 4 members (excludes halogenated alkanes) is 4. The Bertz CT molecular complexity index is 700. The van der Waals surface area contributed by atoms with E-state index in [0.717, 1.165) is 17.0 Å². The molecule has 2 aromatic rings. The van der Waals surface area contributed by atoms with Gasteiger partial charge in [0.15, 0.2) is 0 Å². The van der Waals surface area contributed by atoms with Crippen LogP contribution in [0, 0.1) is 5.92 Å². The highest BCUT2D eigenvalue weighted by Crippen LogP contribution is 2.38. The molecule has 0 unspecified atom stereocenters. The lowest BCUT2D eigenvalue weighted by Gasteiger charge is -2.29. The van der Waals surface area contributed by atoms with Crippen molar-refractivity contribution in [2.45, 2.75) is 87.7 Å². The van der Waals surface area contributed by atoms with Crippen LogP contribution in [0.1, 0.15) is 82.6 Å². The summed E-state index contributed by atoms with van der Waals surface area (Å²) in [6, 6.07) is 16.3. The highest BCUT2D eigenvalue weighted by atomic mass is 32.2. The van der Waals surface area contributed by atoms with Crippen LogP contribution < -0.4 is 0 Å². The molecule has 0 radical (unpaired) electrons. The zero-order valence-corrected chi connectivity index (χ0v) is 18.4. The maximum absolute atomic E-state index is 12.5. The number of rotatable bonds is 10. The third-order valence-electron chi connectivity index (χ3n) is 6.36. The van der Waals surface area contributed by atoms with Crippen molar-refractivity contribution in [3.63, 3.8) is 0 Å². The van der Waals surface area contributed by atoms with Crippen molar-refractivity contribution in [1.29, 1.82) is 0 Å². The van der Waals surface area contributed by atoms with Crippen molar-refractivity contribution in [3.8, 4) is 11.1 Å². The lowest BCUT2D eigenvalue weighted by Crippen LogP contribution is -2.13. The van der Waals surface area contributed by atoms with Gasteiger partial charge < -0.3 is 0 Å². The molecule has 158 valence electrons. The first-order chi connectivity index (χ1) is 14.2. The van der Waals surface area contributed by atoms with Crippen molar-refractivity contribution < 1.29 is 8.78 Å². The first-order valence-corrected chi connectivity index (χ1v) is 12.2. The molecule has 0 heterocycles. The lowest BCUT2D eigenvalue weighted by atomic mass is 9.77. The molecule has 0 N–H and O–H groups in total. The van der Waals surface area contributed by atoms with Crippen LogP contribution in [0.5, 0.6) is 0 Å². The van der Waals surface area contributed by atoms with Crippen molar-refractivity contribution in [1.82, 2.24) is 0 Å². The Hall–Kier alpha value is -1.35. The number of alkyl halides is 2. The molecule has 1 saturated carbocycles. The maximum Gasteiger partial charge on any atom is 0.288 e. The standard InChI is InChI=1S/C26H34F2S/c1-2-3-4-5-6-7-20-8-10-21(11-9-20)22-12-14-23(15-13-22)24-16-18-25(19-17-24)29-26(27)28/h12-21,26H,2-11H2,1H3. The molecule has 3 rings (SSSR count). The van der Waals surface area contributed by atoms with Crippen molar-refractivity contribution in [2.75, 3.05) is 0 Å². The fraction of sp³-hybridized carbons (Fsp3) is 0.538. The van der Waals surface area contributed by atoms with E-state index in [0.29, 0.717) is 22.6 Å². The topological polar surface area (TPSA) is 0 Å². The van der Waals surface area contributed by atoms with Crippen LogP contribution in [0.4, 0.5) is 8.78 Å². The van der Waals surface area contributed by atoms with Gasteiger partial charge in [-0.2, -0.15) is 8.78 Å². The fourth-order valence-electron chi connectivity index (χ4n) is 4.60. The molecule has 2 aromatic carbocycles. The summed E-state index contributed by atoms with van der Waals surface area (Å²) >= 11 is 0.598. The van der Waals surface area contributed by atoms with Gasteiger partial charge in [0.25, 0.3) is 5.76 Å². The Labute approximate surface area is 179 Å². The van der Waals surface area contributed by atoms with Crippen LogP contribution in [0.15, 0.2) is 53.4 Å². The Morgan fingerprint density at radius 3 is 1.97 bits per heavy atom. The second-order valence-corrected chi connectivity index (χ2v) is 9.51. The summed E-state index contributed by atoms with van der Waals surface area (Å²) in [6.45, 7) is 2.28. The van der Waals surface area contributed by atoms with Crippen LogP contribution in [0.3, 0.4) is 0 Å². The molecule has 0 amide bonds. The van der Waals surface area contributed by atoms with Crippen LogP contribution >= 0.6 is 11.8 Å².